The summed E-state index contributed by atoms with van der Waals surface area (Å²) < 4.78 is 55.9. The standard InChI is InChI=1S/C78H63N5O14S3/c1-50-39-42-62(43-40-50)100(90,91)92-46-45-58-48-98-74-67(73(87)83(74)68(58)75(88)95-69(53-25-11-4-12-26-53)54-27-13-5-14-28-54)80-72(86)66(63-49-99-77(79-63)81-78(59-33-19-8-20-34-59,60-35-21-9-22-36-60)61-37-23-10-24-38-61)82-97-71(57-41-44-64(93-51(2)84)65(47-57)94-52(3)85)76(89)96-70(55-29-15-6-16-30-55)56-31-17-7-18-32-56/h4-47,49,67,69-71,74H,48H2,1-3H3,(H,79,81)(H,80,86)/t67-,71-,74+/m1/s1. The van der Waals surface area contributed by atoms with Crippen molar-refractivity contribution in [3.05, 3.63) is 340 Å². The number of ether oxygens (including phenoxy) is 4. The third-order valence-corrected chi connectivity index (χ3v) is 19.5. The lowest BCUT2D eigenvalue weighted by Gasteiger charge is -2.49. The molecule has 2 amide bonds. The fourth-order valence-corrected chi connectivity index (χ4v) is 14.4. The van der Waals surface area contributed by atoms with Gasteiger partial charge in [0, 0.05) is 30.5 Å². The van der Waals surface area contributed by atoms with E-state index in [4.69, 9.17) is 33.0 Å². The van der Waals surface area contributed by atoms with Crippen LogP contribution in [0, 0.1) is 6.92 Å². The van der Waals surface area contributed by atoms with Crippen molar-refractivity contribution in [3.63, 3.8) is 0 Å². The lowest BCUT2D eigenvalue weighted by atomic mass is 9.77. The second kappa shape index (κ2) is 30.8. The summed E-state index contributed by atoms with van der Waals surface area (Å²) in [5.41, 5.74) is 3.84. The lowest BCUT2D eigenvalue weighted by Crippen LogP contribution is -2.71. The molecule has 0 bridgehead atoms. The van der Waals surface area contributed by atoms with Crippen LogP contribution in [0.4, 0.5) is 5.13 Å². The Hall–Kier alpha value is -11.7. The number of thiazole rings is 1. The van der Waals surface area contributed by atoms with Crippen molar-refractivity contribution >= 4 is 79.8 Å². The number of aryl methyl sites for hydroxylation is 1. The molecule has 9 aromatic carbocycles. The number of hydrogen-bond acceptors (Lipinski definition) is 19. The zero-order valence-corrected chi connectivity index (χ0v) is 56.3. The van der Waals surface area contributed by atoms with Gasteiger partial charge >= 0.3 is 34.0 Å². The van der Waals surface area contributed by atoms with Crippen molar-refractivity contribution in [1.82, 2.24) is 15.2 Å². The van der Waals surface area contributed by atoms with Crippen molar-refractivity contribution in [3.8, 4) is 11.5 Å². The Morgan fingerprint density at radius 3 is 1.59 bits per heavy atom. The fraction of sp³-hybridized carbons (Fsp3) is 0.128. The molecule has 2 N–H and O–H groups in total. The van der Waals surface area contributed by atoms with E-state index in [1.54, 1.807) is 115 Å². The van der Waals surface area contributed by atoms with Gasteiger partial charge in [0.15, 0.2) is 34.6 Å². The van der Waals surface area contributed by atoms with Crippen LogP contribution in [0.25, 0.3) is 0 Å². The Kier molecular flexibility index (Phi) is 21.0. The van der Waals surface area contributed by atoms with E-state index in [0.29, 0.717) is 22.3 Å². The second-order valence-electron chi connectivity index (χ2n) is 23.0. The molecule has 22 heteroatoms. The number of benzene rings is 9. The zero-order valence-electron chi connectivity index (χ0n) is 53.9. The Bertz CT molecular complexity index is 4640. The number of fused-ring (bicyclic) bond motifs is 1. The summed E-state index contributed by atoms with van der Waals surface area (Å²) in [5, 5.41) is 11.9. The minimum absolute atomic E-state index is 0.0312. The van der Waals surface area contributed by atoms with Gasteiger partial charge in [0.2, 0.25) is 6.10 Å². The van der Waals surface area contributed by atoms with E-state index in [9.17, 15) is 18.0 Å². The van der Waals surface area contributed by atoms with Gasteiger partial charge in [-0.1, -0.05) is 241 Å². The molecule has 0 saturated carbocycles. The van der Waals surface area contributed by atoms with Crippen molar-refractivity contribution in [2.45, 2.75) is 60.9 Å². The monoisotopic (exact) mass is 1390 g/mol. The van der Waals surface area contributed by atoms with Crippen LogP contribution in [0.15, 0.2) is 294 Å². The number of nitrogens with zero attached hydrogens (tertiary/aromatic N) is 3. The highest BCUT2D eigenvalue weighted by Gasteiger charge is 2.55. The predicted molar refractivity (Wildman–Crippen MR) is 377 cm³/mol. The maximum atomic E-state index is 15.7. The zero-order chi connectivity index (χ0) is 69.8. The maximum Gasteiger partial charge on any atom is 0.356 e. The Morgan fingerprint density at radius 1 is 0.610 bits per heavy atom. The van der Waals surface area contributed by atoms with E-state index in [-0.39, 0.29) is 49.8 Å². The summed E-state index contributed by atoms with van der Waals surface area (Å²) >= 11 is 2.27. The highest BCUT2D eigenvalue weighted by molar-refractivity contribution is 8.00. The summed E-state index contributed by atoms with van der Waals surface area (Å²) in [4.78, 5) is 98.6. The van der Waals surface area contributed by atoms with Gasteiger partial charge in [0.05, 0.1) is 0 Å². The van der Waals surface area contributed by atoms with Crippen LogP contribution in [0.3, 0.4) is 0 Å². The topological polar surface area (TPSA) is 244 Å². The molecule has 10 aromatic rings. The molecule has 0 spiro atoms. The highest BCUT2D eigenvalue weighted by Crippen LogP contribution is 2.44. The molecule has 19 nitrogen and oxygen atoms in total. The predicted octanol–water partition coefficient (Wildman–Crippen LogP) is 13.4. The van der Waals surface area contributed by atoms with Gasteiger partial charge < -0.3 is 38.6 Å². The van der Waals surface area contributed by atoms with Crippen LogP contribution in [-0.2, 0) is 62.9 Å². The van der Waals surface area contributed by atoms with Gasteiger partial charge in [-0.3, -0.25) is 24.1 Å². The quantitative estimate of drug-likeness (QED) is 0.00789. The summed E-state index contributed by atoms with van der Waals surface area (Å²) in [5.74, 6) is -5.81. The van der Waals surface area contributed by atoms with Crippen molar-refractivity contribution < 1.29 is 65.2 Å². The molecule has 100 heavy (non-hydrogen) atoms. The number of esters is 4. The van der Waals surface area contributed by atoms with Gasteiger partial charge in [0.1, 0.15) is 39.5 Å². The number of hydrogen-bond donors (Lipinski definition) is 2. The van der Waals surface area contributed by atoms with Gasteiger partial charge in [0.25, 0.3) is 11.8 Å². The van der Waals surface area contributed by atoms with Gasteiger partial charge in [-0.2, -0.15) is 8.42 Å². The van der Waals surface area contributed by atoms with Crippen molar-refractivity contribution in [2.75, 3.05) is 11.1 Å². The van der Waals surface area contributed by atoms with E-state index in [1.165, 1.54) is 41.3 Å². The number of oxime groups is 1. The van der Waals surface area contributed by atoms with E-state index < -0.39 is 86.8 Å². The summed E-state index contributed by atoms with van der Waals surface area (Å²) in [7, 11) is -4.35. The molecule has 1 saturated heterocycles. The summed E-state index contributed by atoms with van der Waals surface area (Å²) in [6.45, 7) is 4.10. The molecule has 1 fully saturated rings. The molecule has 1 aromatic heterocycles. The van der Waals surface area contributed by atoms with Gasteiger partial charge in [-0.25, -0.2) is 14.6 Å². The molecule has 502 valence electrons. The Balaban J connectivity index is 0.946. The van der Waals surface area contributed by atoms with E-state index in [2.05, 4.69) is 15.8 Å². The maximum absolute atomic E-state index is 15.7. The first-order valence-corrected chi connectivity index (χ1v) is 34.8. The number of amides is 2. The molecule has 3 atom stereocenters. The third kappa shape index (κ3) is 15.3. The van der Waals surface area contributed by atoms with Crippen LogP contribution in [-0.4, -0.2) is 76.9 Å². The Labute approximate surface area is 584 Å². The molecular weight excluding hydrogens is 1330 g/mol. The fourth-order valence-electron chi connectivity index (χ4n) is 11.5. The molecule has 12 rings (SSSR count). The SMILES string of the molecule is CC(=O)Oc1ccc([C@@H](ON=C(C(=O)N[C@@H]2C(=O)N3C(C(=O)OC(c4ccccc4)c4ccccc4)=C(C=COS(=O)(=O)c4ccc(C)cc4)CS[C@@H]23)c2csc(NC(c3ccccc3)(c3ccccc3)c3ccccc3)n2)C(=O)OC(c2ccccc2)c2ccccc2)cc1OC(C)=O. The smallest absolute Gasteiger partial charge is 0.356 e. The minimum Gasteiger partial charge on any atom is -0.449 e. The molecule has 2 aliphatic heterocycles. The molecule has 2 aliphatic rings. The number of thioether (sulfide) groups is 1. The summed E-state index contributed by atoms with van der Waals surface area (Å²) in [6, 6.07) is 73.6. The second-order valence-corrected chi connectivity index (χ2v) is 26.5. The highest BCUT2D eigenvalue weighted by atomic mass is 32.2. The number of nitrogens with one attached hydrogen (secondary N) is 2. The number of aromatic nitrogens is 1. The molecule has 0 radical (unpaired) electrons. The number of rotatable bonds is 25. The Morgan fingerprint density at radius 2 is 1.09 bits per heavy atom. The van der Waals surface area contributed by atoms with Crippen LogP contribution < -0.4 is 20.1 Å². The van der Waals surface area contributed by atoms with Crippen molar-refractivity contribution in [2.24, 2.45) is 5.16 Å². The van der Waals surface area contributed by atoms with Crippen LogP contribution in [0.1, 0.15) is 87.9 Å². The number of carbonyl (C=O) groups is 6. The van der Waals surface area contributed by atoms with Gasteiger partial charge in [-0.05, 0) is 81.8 Å². The third-order valence-electron chi connectivity index (χ3n) is 16.2. The van der Waals surface area contributed by atoms with Crippen LogP contribution in [0.5, 0.6) is 11.5 Å². The molecule has 3 heterocycles. The molecular formula is C78H63N5O14S3. The first-order valence-electron chi connectivity index (χ1n) is 31.5. The van der Waals surface area contributed by atoms with Crippen LogP contribution in [0.2, 0.25) is 0 Å². The van der Waals surface area contributed by atoms with E-state index >= 15 is 19.2 Å². The lowest BCUT2D eigenvalue weighted by molar-refractivity contribution is -0.162. The van der Waals surface area contributed by atoms with Gasteiger partial charge in [-0.15, -0.1) is 23.1 Å². The minimum atomic E-state index is -4.35. The summed E-state index contributed by atoms with van der Waals surface area (Å²) in [6.07, 6.45) is -1.71. The largest absolute Gasteiger partial charge is 0.449 e. The van der Waals surface area contributed by atoms with Crippen molar-refractivity contribution in [1.29, 1.82) is 0 Å². The average molecular weight is 1390 g/mol. The first kappa shape index (κ1) is 68.2. The number of allylic oxidation sites excluding steroid dienone is 1. The number of carbonyl (C=O) groups excluding carboxylic acids is 6. The normalized spacial score (nSPS) is 14.9. The molecule has 0 unspecified atom stereocenters. The first-order chi connectivity index (χ1) is 48.5. The van der Waals surface area contributed by atoms with E-state index in [0.717, 1.165) is 65.5 Å². The van der Waals surface area contributed by atoms with Crippen LogP contribution >= 0.6 is 23.1 Å². The average Bonchev–Trinajstić information content (AvgIpc) is 0.805. The number of anilines is 1. The number of β-lactam (4-membered cyclic amide) rings is 1. The van der Waals surface area contributed by atoms with E-state index in [1.807, 2.05) is 122 Å². The molecule has 0 aliphatic carbocycles.